The predicted molar refractivity (Wildman–Crippen MR) is 149 cm³/mol. The van der Waals surface area contributed by atoms with Gasteiger partial charge < -0.3 is 20.1 Å². The standard InChI is InChI=1S/C26H22Cl2N4O4S/c1-15-10-21(22(35-2)12-20(15)28)30-24(33)13-23-25(34)31-26(37-23)32-29-14-16-4-3-5-19(11-16)36-18-8-6-17(27)7-9-18/h3-12,14,23H,13H2,1-2H3,(H,30,33)(H,31,32,34)/b29-14+. The maximum atomic E-state index is 12.6. The van der Waals surface area contributed by atoms with Crippen molar-refractivity contribution in [2.75, 3.05) is 12.4 Å². The SMILES string of the molecule is COc1cc(Cl)c(C)cc1NC(=O)CC1S/C(=N\N=C\c2cccc(Oc3ccc(Cl)cc3)c2)NC1=O. The molecule has 1 unspecified atom stereocenters. The number of thioether (sulfide) groups is 1. The van der Waals surface area contributed by atoms with E-state index in [2.05, 4.69) is 20.8 Å². The normalized spacial score (nSPS) is 16.2. The van der Waals surface area contributed by atoms with Gasteiger partial charge in [-0.05, 0) is 60.5 Å². The van der Waals surface area contributed by atoms with Crippen molar-refractivity contribution < 1.29 is 19.1 Å². The van der Waals surface area contributed by atoms with Crippen LogP contribution in [0, 0.1) is 6.92 Å². The van der Waals surface area contributed by atoms with Gasteiger partial charge in [-0.1, -0.05) is 47.1 Å². The van der Waals surface area contributed by atoms with Gasteiger partial charge in [0.15, 0.2) is 5.17 Å². The summed E-state index contributed by atoms with van der Waals surface area (Å²) in [7, 11) is 1.49. The van der Waals surface area contributed by atoms with Crippen LogP contribution >= 0.6 is 35.0 Å². The number of rotatable bonds is 8. The minimum atomic E-state index is -0.635. The molecule has 0 bridgehead atoms. The first-order valence-corrected chi connectivity index (χ1v) is 12.7. The molecule has 4 rings (SSSR count). The zero-order chi connectivity index (χ0) is 26.4. The molecular formula is C26H22Cl2N4O4S. The van der Waals surface area contributed by atoms with Gasteiger partial charge >= 0.3 is 0 Å². The predicted octanol–water partition coefficient (Wildman–Crippen LogP) is 6.05. The van der Waals surface area contributed by atoms with E-state index < -0.39 is 5.25 Å². The second-order valence-corrected chi connectivity index (χ2v) is 9.96. The number of amidine groups is 1. The lowest BCUT2D eigenvalue weighted by Crippen LogP contribution is -2.28. The van der Waals surface area contributed by atoms with E-state index in [-0.39, 0.29) is 18.2 Å². The fourth-order valence-corrected chi connectivity index (χ4v) is 4.53. The van der Waals surface area contributed by atoms with Gasteiger partial charge in [0.05, 0.1) is 19.0 Å². The minimum absolute atomic E-state index is 0.0475. The lowest BCUT2D eigenvalue weighted by molar-refractivity contribution is -0.122. The average molecular weight is 557 g/mol. The van der Waals surface area contributed by atoms with Crippen LogP contribution in [0.2, 0.25) is 10.0 Å². The summed E-state index contributed by atoms with van der Waals surface area (Å²) >= 11 is 13.2. The van der Waals surface area contributed by atoms with Crippen molar-refractivity contribution in [1.82, 2.24) is 5.32 Å². The van der Waals surface area contributed by atoms with Gasteiger partial charge in [0.25, 0.3) is 0 Å². The third kappa shape index (κ3) is 7.25. The summed E-state index contributed by atoms with van der Waals surface area (Å²) in [5.74, 6) is 1.07. The first-order valence-electron chi connectivity index (χ1n) is 11.1. The number of carbonyl (C=O) groups is 2. The van der Waals surface area contributed by atoms with Crippen molar-refractivity contribution in [2.24, 2.45) is 10.2 Å². The molecule has 0 saturated carbocycles. The molecule has 8 nitrogen and oxygen atoms in total. The van der Waals surface area contributed by atoms with E-state index in [1.54, 1.807) is 48.7 Å². The Bertz CT molecular complexity index is 1380. The monoisotopic (exact) mass is 556 g/mol. The highest BCUT2D eigenvalue weighted by Crippen LogP contribution is 2.32. The molecule has 37 heavy (non-hydrogen) atoms. The fourth-order valence-electron chi connectivity index (χ4n) is 3.33. The molecule has 1 atom stereocenters. The Morgan fingerprint density at radius 2 is 1.92 bits per heavy atom. The van der Waals surface area contributed by atoms with E-state index in [1.807, 2.05) is 25.1 Å². The molecule has 3 aromatic rings. The van der Waals surface area contributed by atoms with Crippen molar-refractivity contribution in [1.29, 1.82) is 0 Å². The van der Waals surface area contributed by atoms with Crippen molar-refractivity contribution in [3.63, 3.8) is 0 Å². The molecule has 1 heterocycles. The third-order valence-corrected chi connectivity index (χ3v) is 6.90. The summed E-state index contributed by atoms with van der Waals surface area (Å²) in [6, 6.07) is 17.7. The topological polar surface area (TPSA) is 101 Å². The Morgan fingerprint density at radius 3 is 2.68 bits per heavy atom. The molecule has 0 aromatic heterocycles. The Kier molecular flexibility index (Phi) is 8.70. The Morgan fingerprint density at radius 1 is 1.14 bits per heavy atom. The number of hydrogen-bond acceptors (Lipinski definition) is 7. The molecule has 1 aliphatic heterocycles. The maximum absolute atomic E-state index is 12.6. The lowest BCUT2D eigenvalue weighted by Gasteiger charge is -2.13. The number of halogens is 2. The first-order chi connectivity index (χ1) is 17.8. The number of nitrogens with one attached hydrogen (secondary N) is 2. The molecule has 1 aliphatic rings. The van der Waals surface area contributed by atoms with Crippen molar-refractivity contribution in [3.8, 4) is 17.2 Å². The molecule has 0 aliphatic carbocycles. The van der Waals surface area contributed by atoms with Crippen LogP contribution in [0.1, 0.15) is 17.5 Å². The summed E-state index contributed by atoms with van der Waals surface area (Å²) < 4.78 is 11.1. The van der Waals surface area contributed by atoms with Gasteiger partial charge in [-0.25, -0.2) is 0 Å². The second-order valence-electron chi connectivity index (χ2n) is 7.93. The van der Waals surface area contributed by atoms with E-state index in [1.165, 1.54) is 7.11 Å². The quantitative estimate of drug-likeness (QED) is 0.259. The van der Waals surface area contributed by atoms with E-state index >= 15 is 0 Å². The zero-order valence-corrected chi connectivity index (χ0v) is 22.2. The molecular weight excluding hydrogens is 535 g/mol. The van der Waals surface area contributed by atoms with Crippen molar-refractivity contribution in [2.45, 2.75) is 18.6 Å². The molecule has 3 aromatic carbocycles. The molecule has 2 amide bonds. The molecule has 1 fully saturated rings. The van der Waals surface area contributed by atoms with Gasteiger partial charge in [-0.15, -0.1) is 5.10 Å². The fraction of sp³-hybridized carbons (Fsp3) is 0.154. The molecule has 190 valence electrons. The van der Waals surface area contributed by atoms with Crippen molar-refractivity contribution in [3.05, 3.63) is 81.8 Å². The number of methoxy groups -OCH3 is 1. The van der Waals surface area contributed by atoms with Gasteiger partial charge in [0.1, 0.15) is 22.5 Å². The summed E-state index contributed by atoms with van der Waals surface area (Å²) in [5, 5.41) is 14.4. The highest BCUT2D eigenvalue weighted by molar-refractivity contribution is 8.15. The van der Waals surface area contributed by atoms with Gasteiger partial charge in [-0.2, -0.15) is 5.10 Å². The van der Waals surface area contributed by atoms with E-state index in [0.717, 1.165) is 22.9 Å². The number of anilines is 1. The Hall–Kier alpha value is -3.53. The summed E-state index contributed by atoms with van der Waals surface area (Å²) in [4.78, 5) is 24.9. The molecule has 0 radical (unpaired) electrons. The minimum Gasteiger partial charge on any atom is -0.495 e. The van der Waals surface area contributed by atoms with Gasteiger partial charge in [0.2, 0.25) is 11.8 Å². The largest absolute Gasteiger partial charge is 0.495 e. The van der Waals surface area contributed by atoms with Crippen molar-refractivity contribution >= 4 is 63.8 Å². The van der Waals surface area contributed by atoms with E-state index in [4.69, 9.17) is 32.7 Å². The molecule has 0 spiro atoms. The van der Waals surface area contributed by atoms with Crippen LogP contribution in [0.4, 0.5) is 5.69 Å². The van der Waals surface area contributed by atoms with Crippen LogP contribution in [-0.4, -0.2) is 35.6 Å². The van der Waals surface area contributed by atoms with Crippen LogP contribution in [0.25, 0.3) is 0 Å². The Balaban J connectivity index is 1.34. The number of nitrogens with zero attached hydrogens (tertiary/aromatic N) is 2. The number of aryl methyl sites for hydroxylation is 1. The highest BCUT2D eigenvalue weighted by Gasteiger charge is 2.32. The summed E-state index contributed by atoms with van der Waals surface area (Å²) in [6.07, 6.45) is 1.50. The number of hydrogen-bond donors (Lipinski definition) is 2. The summed E-state index contributed by atoms with van der Waals surface area (Å²) in [6.45, 7) is 1.82. The second kappa shape index (κ2) is 12.1. The number of carbonyl (C=O) groups excluding carboxylic acids is 2. The number of benzene rings is 3. The van der Waals surface area contributed by atoms with Crippen LogP contribution in [-0.2, 0) is 9.59 Å². The Labute approximate surface area is 228 Å². The maximum Gasteiger partial charge on any atom is 0.240 e. The molecule has 2 N–H and O–H groups in total. The lowest BCUT2D eigenvalue weighted by atomic mass is 10.2. The van der Waals surface area contributed by atoms with E-state index in [0.29, 0.717) is 38.1 Å². The van der Waals surface area contributed by atoms with Gasteiger partial charge in [0, 0.05) is 22.5 Å². The van der Waals surface area contributed by atoms with Crippen LogP contribution < -0.4 is 20.1 Å². The van der Waals surface area contributed by atoms with Crippen LogP contribution in [0.5, 0.6) is 17.2 Å². The van der Waals surface area contributed by atoms with Gasteiger partial charge in [-0.3, -0.25) is 9.59 Å². The van der Waals surface area contributed by atoms with Crippen LogP contribution in [0.15, 0.2) is 70.9 Å². The first kappa shape index (κ1) is 26.5. The third-order valence-electron chi connectivity index (χ3n) is 5.16. The van der Waals surface area contributed by atoms with E-state index in [9.17, 15) is 9.59 Å². The zero-order valence-electron chi connectivity index (χ0n) is 19.8. The average Bonchev–Trinajstić information content (AvgIpc) is 3.21. The smallest absolute Gasteiger partial charge is 0.240 e. The molecule has 11 heteroatoms. The number of amides is 2. The summed E-state index contributed by atoms with van der Waals surface area (Å²) in [5.41, 5.74) is 2.03. The highest BCUT2D eigenvalue weighted by atomic mass is 35.5. The number of ether oxygens (including phenoxy) is 2. The van der Waals surface area contributed by atoms with Crippen LogP contribution in [0.3, 0.4) is 0 Å². The molecule has 1 saturated heterocycles.